The van der Waals surface area contributed by atoms with E-state index < -0.39 is 17.2 Å². The first-order valence-corrected chi connectivity index (χ1v) is 21.6. The second-order valence-electron chi connectivity index (χ2n) is 14.7. The average Bonchev–Trinajstić information content (AvgIpc) is 3.76. The molecule has 0 spiro atoms. The molecule has 2 N–H and O–H groups in total. The molecule has 0 bridgehead atoms. The summed E-state index contributed by atoms with van der Waals surface area (Å²) in [4.78, 5) is 20.6. The Kier molecular flexibility index (Phi) is 16.1. The van der Waals surface area contributed by atoms with Crippen LogP contribution in [-0.4, -0.2) is 15.1 Å². The van der Waals surface area contributed by atoms with Crippen LogP contribution in [-0.2, 0) is 25.7 Å². The third-order valence-corrected chi connectivity index (χ3v) is 13.8. The van der Waals surface area contributed by atoms with Gasteiger partial charge >= 0.3 is 88.7 Å². The van der Waals surface area contributed by atoms with Gasteiger partial charge in [-0.25, -0.2) is 0 Å². The molecule has 8 nitrogen and oxygen atoms in total. The van der Waals surface area contributed by atoms with Crippen molar-refractivity contribution in [1.29, 1.82) is 5.26 Å². The molecule has 0 saturated carbocycles. The molecule has 62 heavy (non-hydrogen) atoms. The average molecular weight is 923 g/mol. The molecule has 0 unspecified atom stereocenters. The first-order chi connectivity index (χ1) is 28.6. The fourth-order valence-corrected chi connectivity index (χ4v) is 11.1. The van der Waals surface area contributed by atoms with Crippen molar-refractivity contribution in [3.8, 4) is 73.7 Å². The number of thiophene rings is 2. The zero-order chi connectivity index (χ0) is 40.9. The molecule has 0 saturated heterocycles. The molecule has 0 atom stereocenters. The quantitative estimate of drug-likeness (QED) is 0.253. The van der Waals surface area contributed by atoms with Crippen LogP contribution in [0.15, 0.2) is 89.7 Å². The molecular formula is C47H32Cl2N3Na3O5S2. The first-order valence-electron chi connectivity index (χ1n) is 19.2. The van der Waals surface area contributed by atoms with Crippen LogP contribution in [0.3, 0.4) is 0 Å². The largest absolute Gasteiger partial charge is 1.00 e. The number of H-pyrrole nitrogens is 1. The Labute approximate surface area is 442 Å². The SMILES string of the molecule is N#Cc1cccc(-c2c(O)c3c(-c4ccc5c(c4)CCCC5)c(Cl)sc3[nH]c2=O)c1.[Na+].[Na+].[Na+].[O-]c1nc2sc(Cl)c(-c3ccc4c(c3[O-])CCCC4)c2c([O-])c1-c1ccccc1. The van der Waals surface area contributed by atoms with Gasteiger partial charge in [0, 0.05) is 16.5 Å². The summed E-state index contributed by atoms with van der Waals surface area (Å²) in [5, 5.41) is 60.3. The van der Waals surface area contributed by atoms with Gasteiger partial charge in [0.05, 0.1) is 22.6 Å². The minimum atomic E-state index is -0.578. The smallest absolute Gasteiger partial charge is 0.872 e. The predicted octanol–water partition coefficient (Wildman–Crippen LogP) is 1.43. The molecule has 15 heteroatoms. The zero-order valence-corrected chi connectivity index (χ0v) is 43.4. The van der Waals surface area contributed by atoms with Crippen LogP contribution >= 0.6 is 45.9 Å². The summed E-state index contributed by atoms with van der Waals surface area (Å²) in [6, 6.07) is 27.5. The number of pyridine rings is 2. The Morgan fingerprint density at radius 3 is 2.05 bits per heavy atom. The molecule has 2 aliphatic rings. The van der Waals surface area contributed by atoms with Crippen molar-refractivity contribution < 1.29 is 109 Å². The molecule has 10 rings (SSSR count). The summed E-state index contributed by atoms with van der Waals surface area (Å²) >= 11 is 15.4. The third kappa shape index (κ3) is 9.05. The Balaban J connectivity index is 0.000000197. The number of rotatable bonds is 4. The summed E-state index contributed by atoms with van der Waals surface area (Å²) in [6.45, 7) is 0. The van der Waals surface area contributed by atoms with Crippen molar-refractivity contribution >= 4 is 66.3 Å². The Bertz CT molecular complexity index is 3090. The third-order valence-electron chi connectivity index (χ3n) is 11.2. The summed E-state index contributed by atoms with van der Waals surface area (Å²) in [5.74, 6) is -1.19. The number of nitrogens with zero attached hydrogens (tertiary/aromatic N) is 2. The minimum Gasteiger partial charge on any atom is -0.872 e. The molecule has 0 aliphatic heterocycles. The molecule has 4 heterocycles. The van der Waals surface area contributed by atoms with Crippen LogP contribution in [0.1, 0.15) is 53.5 Å². The van der Waals surface area contributed by atoms with Crippen LogP contribution in [0.5, 0.6) is 23.1 Å². The number of aromatic hydroxyl groups is 1. The van der Waals surface area contributed by atoms with E-state index in [1.165, 1.54) is 35.3 Å². The van der Waals surface area contributed by atoms with Gasteiger partial charge in [0.1, 0.15) is 24.1 Å². The molecule has 294 valence electrons. The van der Waals surface area contributed by atoms with Crippen molar-refractivity contribution in [1.82, 2.24) is 9.97 Å². The van der Waals surface area contributed by atoms with Gasteiger partial charge < -0.3 is 25.4 Å². The Morgan fingerprint density at radius 2 is 1.31 bits per heavy atom. The number of hydrogen-bond acceptors (Lipinski definition) is 9. The van der Waals surface area contributed by atoms with E-state index in [0.29, 0.717) is 46.7 Å². The fourth-order valence-electron chi connectivity index (χ4n) is 8.42. The fraction of sp³-hybridized carbons (Fsp3) is 0.170. The molecule has 4 aromatic heterocycles. The van der Waals surface area contributed by atoms with E-state index in [4.69, 9.17) is 23.2 Å². The number of nitriles is 1. The molecule has 4 aromatic carbocycles. The van der Waals surface area contributed by atoms with E-state index >= 15 is 0 Å². The van der Waals surface area contributed by atoms with Crippen LogP contribution in [0.4, 0.5) is 0 Å². The predicted molar refractivity (Wildman–Crippen MR) is 232 cm³/mol. The summed E-state index contributed by atoms with van der Waals surface area (Å²) in [5.41, 5.74) is 8.24. The van der Waals surface area contributed by atoms with Gasteiger partial charge in [0.15, 0.2) is 0 Å². The molecule has 2 aliphatic carbocycles. The maximum absolute atomic E-state index is 13.4. The summed E-state index contributed by atoms with van der Waals surface area (Å²) < 4.78 is 0.830. The summed E-state index contributed by atoms with van der Waals surface area (Å²) in [6.07, 6.45) is 8.21. The molecule has 0 fully saturated rings. The number of fused-ring (bicyclic) bond motifs is 4. The standard InChI is InChI=1S/C24H17ClN2O2S.C23H18ClNO3S.3Na/c25-22-18(17-9-8-14-5-1-2-6-15(14)11-17)20-21(28)19(23(29)27-24(20)30-22)16-7-3-4-13(10-16)12-26;24-21-17(15-11-10-12-6-4-5-9-14(12)19(15)26)18-20(27)16(13-7-2-1-3-8-13)22(28)25-23(18)29-21;;;/h3-4,7-11H,1-2,5-6H2,(H2,27,28,29);1-3,7-8,10-11,26H,4-6,9H2,(H2,25,27,28);;;/q;;3*+1/p-3. The Morgan fingerprint density at radius 1 is 0.661 bits per heavy atom. The van der Waals surface area contributed by atoms with Crippen LogP contribution in [0.25, 0.3) is 64.9 Å². The van der Waals surface area contributed by atoms with Gasteiger partial charge in [-0.1, -0.05) is 113 Å². The number of aromatic nitrogens is 2. The van der Waals surface area contributed by atoms with Crippen LogP contribution in [0, 0.1) is 11.3 Å². The van der Waals surface area contributed by atoms with E-state index in [1.54, 1.807) is 54.6 Å². The second-order valence-corrected chi connectivity index (χ2v) is 17.9. The van der Waals surface area contributed by atoms with E-state index in [1.807, 2.05) is 18.2 Å². The van der Waals surface area contributed by atoms with Crippen molar-refractivity contribution in [3.05, 3.63) is 132 Å². The number of aromatic amines is 1. The first kappa shape index (κ1) is 48.6. The van der Waals surface area contributed by atoms with Crippen molar-refractivity contribution in [2.24, 2.45) is 0 Å². The normalized spacial score (nSPS) is 12.7. The topological polar surface area (TPSA) is 159 Å². The molecule has 0 amide bonds. The van der Waals surface area contributed by atoms with Crippen molar-refractivity contribution in [3.63, 3.8) is 0 Å². The number of benzene rings is 4. The maximum Gasteiger partial charge on any atom is 1.00 e. The summed E-state index contributed by atoms with van der Waals surface area (Å²) in [7, 11) is 0. The Hall–Kier alpha value is -2.83. The van der Waals surface area contributed by atoms with E-state index in [9.17, 15) is 30.5 Å². The van der Waals surface area contributed by atoms with Gasteiger partial charge in [-0.15, -0.1) is 22.7 Å². The minimum absolute atomic E-state index is 0. The van der Waals surface area contributed by atoms with E-state index in [-0.39, 0.29) is 122 Å². The number of nitrogens with one attached hydrogen (secondary N) is 1. The van der Waals surface area contributed by atoms with E-state index in [2.05, 4.69) is 28.2 Å². The van der Waals surface area contributed by atoms with Crippen molar-refractivity contribution in [2.75, 3.05) is 0 Å². The van der Waals surface area contributed by atoms with Crippen LogP contribution < -0.4 is 110 Å². The zero-order valence-electron chi connectivity index (χ0n) is 34.3. The number of hydrogen-bond donors (Lipinski definition) is 2. The van der Waals surface area contributed by atoms with Gasteiger partial charge in [0.25, 0.3) is 5.56 Å². The number of halogens is 2. The maximum atomic E-state index is 13.4. The van der Waals surface area contributed by atoms with Gasteiger partial charge in [-0.3, -0.25) is 9.78 Å². The van der Waals surface area contributed by atoms with Crippen LogP contribution in [0.2, 0.25) is 8.67 Å². The van der Waals surface area contributed by atoms with Gasteiger partial charge in [0.2, 0.25) is 0 Å². The van der Waals surface area contributed by atoms with Crippen molar-refractivity contribution in [2.45, 2.75) is 51.4 Å². The molecular weight excluding hydrogens is 891 g/mol. The monoisotopic (exact) mass is 921 g/mol. The molecule has 0 radical (unpaired) electrons. The van der Waals surface area contributed by atoms with Gasteiger partial charge in [-0.05, 0) is 114 Å². The number of aryl methyl sites for hydroxylation is 3. The second kappa shape index (κ2) is 20.6. The van der Waals surface area contributed by atoms with Gasteiger partial charge in [-0.2, -0.15) is 5.26 Å². The van der Waals surface area contributed by atoms with E-state index in [0.717, 1.165) is 72.1 Å². The molecule has 8 aromatic rings.